The number of rotatable bonds is 1. The minimum absolute atomic E-state index is 0.115. The molecular formula is C12H13NO2S. The first-order chi connectivity index (χ1) is 7.61. The summed E-state index contributed by atoms with van der Waals surface area (Å²) in [5, 5.41) is -0.141. The van der Waals surface area contributed by atoms with Crippen LogP contribution in [0.4, 0.5) is 5.69 Å². The molecule has 1 unspecified atom stereocenters. The van der Waals surface area contributed by atoms with E-state index in [0.29, 0.717) is 11.4 Å². The monoisotopic (exact) mass is 235 g/mol. The van der Waals surface area contributed by atoms with Crippen LogP contribution in [0.2, 0.25) is 0 Å². The maximum atomic E-state index is 12.0. The second kappa shape index (κ2) is 4.29. The SMILES string of the molecule is Cc1ccccc1N1C(=O)CSC(C)C1=O. The molecule has 0 N–H and O–H groups in total. The molecule has 0 bridgehead atoms. The van der Waals surface area contributed by atoms with Gasteiger partial charge < -0.3 is 0 Å². The normalized spacial score (nSPS) is 21.4. The third-order valence-electron chi connectivity index (χ3n) is 2.63. The molecule has 84 valence electrons. The molecule has 1 aliphatic heterocycles. The van der Waals surface area contributed by atoms with Crippen molar-refractivity contribution in [2.45, 2.75) is 19.1 Å². The van der Waals surface area contributed by atoms with Gasteiger partial charge in [-0.25, -0.2) is 4.90 Å². The molecule has 1 atom stereocenters. The highest BCUT2D eigenvalue weighted by atomic mass is 32.2. The molecule has 1 aliphatic rings. The fourth-order valence-electron chi connectivity index (χ4n) is 1.70. The minimum Gasteiger partial charge on any atom is -0.273 e. The van der Waals surface area contributed by atoms with E-state index in [-0.39, 0.29) is 17.1 Å². The van der Waals surface area contributed by atoms with Crippen LogP contribution < -0.4 is 4.90 Å². The Morgan fingerprint density at radius 1 is 1.31 bits per heavy atom. The Morgan fingerprint density at radius 2 is 2.00 bits per heavy atom. The molecule has 0 spiro atoms. The van der Waals surface area contributed by atoms with Crippen molar-refractivity contribution in [3.63, 3.8) is 0 Å². The summed E-state index contributed by atoms with van der Waals surface area (Å²) >= 11 is 1.40. The fourth-order valence-corrected chi connectivity index (χ4v) is 2.47. The van der Waals surface area contributed by atoms with Crippen LogP contribution in [-0.4, -0.2) is 22.8 Å². The maximum Gasteiger partial charge on any atom is 0.246 e. The third kappa shape index (κ3) is 1.85. The third-order valence-corrected chi connectivity index (χ3v) is 3.75. The summed E-state index contributed by atoms with van der Waals surface area (Å²) in [6.45, 7) is 3.74. The van der Waals surface area contributed by atoms with Crippen LogP contribution in [0.3, 0.4) is 0 Å². The lowest BCUT2D eigenvalue weighted by atomic mass is 10.1. The van der Waals surface area contributed by atoms with E-state index < -0.39 is 0 Å². The van der Waals surface area contributed by atoms with Gasteiger partial charge in [-0.2, -0.15) is 0 Å². The van der Waals surface area contributed by atoms with Gasteiger partial charge in [-0.05, 0) is 25.5 Å². The number of imide groups is 1. The molecule has 0 saturated carbocycles. The molecule has 3 nitrogen and oxygen atoms in total. The molecule has 1 saturated heterocycles. The van der Waals surface area contributed by atoms with E-state index in [4.69, 9.17) is 0 Å². The van der Waals surface area contributed by atoms with Gasteiger partial charge in [0.1, 0.15) is 0 Å². The average molecular weight is 235 g/mol. The van der Waals surface area contributed by atoms with E-state index >= 15 is 0 Å². The van der Waals surface area contributed by atoms with Gasteiger partial charge in [0.2, 0.25) is 11.8 Å². The quantitative estimate of drug-likeness (QED) is 0.699. The van der Waals surface area contributed by atoms with E-state index in [1.165, 1.54) is 16.7 Å². The first-order valence-corrected chi connectivity index (χ1v) is 6.20. The molecule has 2 rings (SSSR count). The summed E-state index contributed by atoms with van der Waals surface area (Å²) in [4.78, 5) is 25.1. The van der Waals surface area contributed by atoms with Crippen molar-refractivity contribution in [2.75, 3.05) is 10.7 Å². The second-order valence-electron chi connectivity index (χ2n) is 3.81. The first-order valence-electron chi connectivity index (χ1n) is 5.15. The number of para-hydroxylation sites is 1. The van der Waals surface area contributed by atoms with Crippen LogP contribution in [0.15, 0.2) is 24.3 Å². The average Bonchev–Trinajstić information content (AvgIpc) is 2.27. The van der Waals surface area contributed by atoms with Gasteiger partial charge in [0.25, 0.3) is 0 Å². The van der Waals surface area contributed by atoms with E-state index in [1.807, 2.05) is 38.1 Å². The topological polar surface area (TPSA) is 37.4 Å². The lowest BCUT2D eigenvalue weighted by Gasteiger charge is -2.29. The lowest BCUT2D eigenvalue weighted by Crippen LogP contribution is -2.47. The fraction of sp³-hybridized carbons (Fsp3) is 0.333. The molecule has 2 amide bonds. The minimum atomic E-state index is -0.141. The van der Waals surface area contributed by atoms with Gasteiger partial charge in [0.15, 0.2) is 0 Å². The highest BCUT2D eigenvalue weighted by Crippen LogP contribution is 2.27. The summed E-state index contributed by atoms with van der Waals surface area (Å²) in [6, 6.07) is 7.46. The molecule has 4 heteroatoms. The van der Waals surface area contributed by atoms with Crippen molar-refractivity contribution < 1.29 is 9.59 Å². The summed E-state index contributed by atoms with van der Waals surface area (Å²) in [6.07, 6.45) is 0. The van der Waals surface area contributed by atoms with Crippen molar-refractivity contribution in [2.24, 2.45) is 0 Å². The summed E-state index contributed by atoms with van der Waals surface area (Å²) < 4.78 is 0. The summed E-state index contributed by atoms with van der Waals surface area (Å²) in [7, 11) is 0. The predicted octanol–water partition coefficient (Wildman–Crippen LogP) is 1.99. The van der Waals surface area contributed by atoms with Crippen molar-refractivity contribution in [3.8, 4) is 0 Å². The van der Waals surface area contributed by atoms with E-state index in [0.717, 1.165) is 5.56 Å². The zero-order valence-electron chi connectivity index (χ0n) is 9.27. The predicted molar refractivity (Wildman–Crippen MR) is 65.6 cm³/mol. The number of benzene rings is 1. The van der Waals surface area contributed by atoms with Crippen molar-refractivity contribution in [1.82, 2.24) is 0 Å². The van der Waals surface area contributed by atoms with Gasteiger partial charge in [-0.15, -0.1) is 11.8 Å². The first kappa shape index (κ1) is 11.2. The largest absolute Gasteiger partial charge is 0.273 e. The Hall–Kier alpha value is -1.29. The van der Waals surface area contributed by atoms with Gasteiger partial charge in [0.05, 0.1) is 16.7 Å². The van der Waals surface area contributed by atoms with Crippen molar-refractivity contribution >= 4 is 29.3 Å². The number of amides is 2. The molecule has 0 radical (unpaired) electrons. The number of carbonyl (C=O) groups is 2. The van der Waals surface area contributed by atoms with Gasteiger partial charge in [0, 0.05) is 0 Å². The Balaban J connectivity index is 2.42. The smallest absolute Gasteiger partial charge is 0.246 e. The van der Waals surface area contributed by atoms with Crippen LogP contribution in [-0.2, 0) is 9.59 Å². The second-order valence-corrected chi connectivity index (χ2v) is 5.14. The van der Waals surface area contributed by atoms with E-state index in [2.05, 4.69) is 0 Å². The van der Waals surface area contributed by atoms with Gasteiger partial charge in [-0.1, -0.05) is 18.2 Å². The number of anilines is 1. The molecule has 0 aromatic heterocycles. The highest BCUT2D eigenvalue weighted by molar-refractivity contribution is 8.01. The Morgan fingerprint density at radius 3 is 2.69 bits per heavy atom. The van der Waals surface area contributed by atoms with E-state index in [9.17, 15) is 9.59 Å². The van der Waals surface area contributed by atoms with E-state index in [1.54, 1.807) is 0 Å². The van der Waals surface area contributed by atoms with Crippen LogP contribution >= 0.6 is 11.8 Å². The number of carbonyl (C=O) groups excluding carboxylic acids is 2. The van der Waals surface area contributed by atoms with Crippen LogP contribution in [0.25, 0.3) is 0 Å². The number of hydrogen-bond acceptors (Lipinski definition) is 3. The lowest BCUT2D eigenvalue weighted by molar-refractivity contribution is -0.125. The van der Waals surface area contributed by atoms with Crippen molar-refractivity contribution in [3.05, 3.63) is 29.8 Å². The van der Waals surface area contributed by atoms with Crippen LogP contribution in [0, 0.1) is 6.92 Å². The van der Waals surface area contributed by atoms with Crippen LogP contribution in [0.5, 0.6) is 0 Å². The Bertz CT molecular complexity index is 444. The molecule has 1 aromatic carbocycles. The zero-order valence-corrected chi connectivity index (χ0v) is 10.1. The summed E-state index contributed by atoms with van der Waals surface area (Å²) in [5.41, 5.74) is 1.66. The molecule has 0 aliphatic carbocycles. The molecule has 1 aromatic rings. The summed E-state index contributed by atoms with van der Waals surface area (Å²) in [5.74, 6) is 0.138. The number of aryl methyl sites for hydroxylation is 1. The zero-order chi connectivity index (χ0) is 11.7. The van der Waals surface area contributed by atoms with Gasteiger partial charge >= 0.3 is 0 Å². The molecule has 1 fully saturated rings. The van der Waals surface area contributed by atoms with Crippen molar-refractivity contribution in [1.29, 1.82) is 0 Å². The van der Waals surface area contributed by atoms with Gasteiger partial charge in [-0.3, -0.25) is 9.59 Å². The standard InChI is InChI=1S/C12H13NO2S/c1-8-5-3-4-6-10(8)13-11(14)7-16-9(2)12(13)15/h3-6,9H,7H2,1-2H3. The molecular weight excluding hydrogens is 222 g/mol. The number of thioether (sulfide) groups is 1. The Labute approximate surface area is 98.8 Å². The maximum absolute atomic E-state index is 12.0. The molecule has 16 heavy (non-hydrogen) atoms. The van der Waals surface area contributed by atoms with Crippen LogP contribution in [0.1, 0.15) is 12.5 Å². The molecule has 1 heterocycles. The number of hydrogen-bond donors (Lipinski definition) is 0. The highest BCUT2D eigenvalue weighted by Gasteiger charge is 2.33. The number of nitrogens with zero attached hydrogens (tertiary/aromatic N) is 1. The Kier molecular flexibility index (Phi) is 3.01.